The van der Waals surface area contributed by atoms with Crippen LogP contribution in [0.25, 0.3) is 104 Å². The summed E-state index contributed by atoms with van der Waals surface area (Å²) < 4.78 is 11.1. The van der Waals surface area contributed by atoms with Crippen molar-refractivity contribution < 1.29 is 4.42 Å². The van der Waals surface area contributed by atoms with Gasteiger partial charge in [-0.2, -0.15) is 0 Å². The van der Waals surface area contributed by atoms with Crippen LogP contribution in [0.3, 0.4) is 0 Å². The van der Waals surface area contributed by atoms with E-state index in [0.717, 1.165) is 49.8 Å². The number of benzene rings is 7. The first kappa shape index (κ1) is 28.2. The van der Waals surface area contributed by atoms with E-state index in [1.54, 1.807) is 11.3 Å². The molecular weight excluding hydrogens is 645 g/mol. The zero-order valence-corrected chi connectivity index (χ0v) is 27.9. The van der Waals surface area contributed by atoms with E-state index in [1.165, 1.54) is 36.5 Å². The van der Waals surface area contributed by atoms with Gasteiger partial charge in [0, 0.05) is 70.2 Å². The van der Waals surface area contributed by atoms with Gasteiger partial charge in [-0.05, 0) is 36.4 Å². The molecule has 0 N–H and O–H groups in total. The molecule has 0 saturated carbocycles. The largest absolute Gasteiger partial charge is 0.456 e. The van der Waals surface area contributed by atoms with E-state index in [1.807, 2.05) is 72.8 Å². The van der Waals surface area contributed by atoms with Crippen molar-refractivity contribution in [2.24, 2.45) is 0 Å². The molecule has 4 aromatic heterocycles. The Hall–Kier alpha value is -6.63. The normalized spacial score (nSPS) is 11.9. The van der Waals surface area contributed by atoms with Crippen molar-refractivity contribution in [1.29, 1.82) is 0 Å². The highest BCUT2D eigenvalue weighted by Gasteiger charge is 2.18. The molecule has 0 spiro atoms. The summed E-state index contributed by atoms with van der Waals surface area (Å²) in [7, 11) is 0. The van der Waals surface area contributed by atoms with Crippen LogP contribution in [-0.4, -0.2) is 19.5 Å². The van der Waals surface area contributed by atoms with E-state index < -0.39 is 0 Å². The SMILES string of the molecule is c1ccc(-c2nc(-c3ccccc3)nc(-c3ccc4c(c3)sc3cc(-n5c6ccccc6c6cc7c(cc65)oc5ccccc57)ccc34)n2)cc1. The quantitative estimate of drug-likeness (QED) is 0.187. The van der Waals surface area contributed by atoms with Gasteiger partial charge in [0.25, 0.3) is 0 Å². The lowest BCUT2D eigenvalue weighted by Gasteiger charge is -2.08. The van der Waals surface area contributed by atoms with Gasteiger partial charge in [0.2, 0.25) is 0 Å². The fourth-order valence-corrected chi connectivity index (χ4v) is 8.63. The van der Waals surface area contributed by atoms with Crippen molar-refractivity contribution in [2.45, 2.75) is 0 Å². The second-order valence-electron chi connectivity index (χ2n) is 12.8. The van der Waals surface area contributed by atoms with E-state index in [2.05, 4.69) is 89.5 Å². The van der Waals surface area contributed by atoms with Crippen molar-refractivity contribution in [2.75, 3.05) is 0 Å². The molecule has 0 amide bonds. The van der Waals surface area contributed by atoms with Crippen LogP contribution in [0.5, 0.6) is 0 Å². The molecule has 238 valence electrons. The van der Waals surface area contributed by atoms with Crippen LogP contribution >= 0.6 is 11.3 Å². The zero-order chi connectivity index (χ0) is 33.5. The van der Waals surface area contributed by atoms with Crippen molar-refractivity contribution in [3.05, 3.63) is 158 Å². The van der Waals surface area contributed by atoms with Crippen molar-refractivity contribution in [3.8, 4) is 39.9 Å². The van der Waals surface area contributed by atoms with Crippen LogP contribution in [-0.2, 0) is 0 Å². The Labute approximate surface area is 295 Å². The topological polar surface area (TPSA) is 56.7 Å². The molecule has 0 aliphatic carbocycles. The third-order valence-corrected chi connectivity index (χ3v) is 11.0. The number of fused-ring (bicyclic) bond motifs is 9. The van der Waals surface area contributed by atoms with Gasteiger partial charge in [-0.3, -0.25) is 0 Å². The summed E-state index contributed by atoms with van der Waals surface area (Å²) in [6.45, 7) is 0. The molecule has 6 heteroatoms. The molecule has 7 aromatic carbocycles. The fourth-order valence-electron chi connectivity index (χ4n) is 7.45. The lowest BCUT2D eigenvalue weighted by Crippen LogP contribution is -1.99. The fraction of sp³-hybridized carbons (Fsp3) is 0. The highest BCUT2D eigenvalue weighted by atomic mass is 32.1. The number of aromatic nitrogens is 4. The van der Waals surface area contributed by atoms with Gasteiger partial charge in [-0.1, -0.05) is 115 Å². The molecule has 0 unspecified atom stereocenters. The van der Waals surface area contributed by atoms with Crippen LogP contribution in [0.4, 0.5) is 0 Å². The van der Waals surface area contributed by atoms with Crippen LogP contribution in [0.15, 0.2) is 162 Å². The van der Waals surface area contributed by atoms with Gasteiger partial charge in [-0.15, -0.1) is 11.3 Å². The first-order chi connectivity index (χ1) is 25.2. The Morgan fingerprint density at radius 2 is 1.00 bits per heavy atom. The average molecular weight is 671 g/mol. The lowest BCUT2D eigenvalue weighted by molar-refractivity contribution is 0.669. The van der Waals surface area contributed by atoms with Crippen molar-refractivity contribution >= 4 is 75.3 Å². The highest BCUT2D eigenvalue weighted by molar-refractivity contribution is 7.25. The smallest absolute Gasteiger partial charge is 0.164 e. The lowest BCUT2D eigenvalue weighted by atomic mass is 10.1. The number of hydrogen-bond donors (Lipinski definition) is 0. The maximum Gasteiger partial charge on any atom is 0.164 e. The predicted molar refractivity (Wildman–Crippen MR) is 211 cm³/mol. The van der Waals surface area contributed by atoms with Gasteiger partial charge in [0.15, 0.2) is 17.5 Å². The minimum absolute atomic E-state index is 0.657. The summed E-state index contributed by atoms with van der Waals surface area (Å²) in [4.78, 5) is 14.8. The minimum Gasteiger partial charge on any atom is -0.456 e. The minimum atomic E-state index is 0.657. The number of furan rings is 1. The molecule has 0 saturated heterocycles. The Bertz CT molecular complexity index is 3080. The van der Waals surface area contributed by atoms with E-state index in [9.17, 15) is 0 Å². The molecule has 11 aromatic rings. The summed E-state index contributed by atoms with van der Waals surface area (Å²) in [6, 6.07) is 55.0. The molecule has 51 heavy (non-hydrogen) atoms. The van der Waals surface area contributed by atoms with Crippen LogP contribution in [0, 0.1) is 0 Å². The van der Waals surface area contributed by atoms with Gasteiger partial charge >= 0.3 is 0 Å². The maximum atomic E-state index is 6.34. The van der Waals surface area contributed by atoms with Crippen molar-refractivity contribution in [1.82, 2.24) is 19.5 Å². The Kier molecular flexibility index (Phi) is 6.05. The number of rotatable bonds is 4. The number of nitrogens with zero attached hydrogens (tertiary/aromatic N) is 4. The van der Waals surface area contributed by atoms with Gasteiger partial charge in [0.05, 0.1) is 11.0 Å². The number of para-hydroxylation sites is 2. The van der Waals surface area contributed by atoms with Crippen LogP contribution in [0.1, 0.15) is 0 Å². The Balaban J connectivity index is 1.07. The summed E-state index contributed by atoms with van der Waals surface area (Å²) in [5.41, 5.74) is 8.10. The molecule has 0 aliphatic heterocycles. The van der Waals surface area contributed by atoms with Gasteiger partial charge in [0.1, 0.15) is 11.2 Å². The van der Waals surface area contributed by atoms with Crippen LogP contribution in [0.2, 0.25) is 0 Å². The first-order valence-corrected chi connectivity index (χ1v) is 17.8. The number of thiophene rings is 1. The molecule has 0 atom stereocenters. The number of hydrogen-bond acceptors (Lipinski definition) is 5. The Morgan fingerprint density at radius 3 is 1.75 bits per heavy atom. The van der Waals surface area contributed by atoms with Gasteiger partial charge < -0.3 is 8.98 Å². The second kappa shape index (κ2) is 10.9. The average Bonchev–Trinajstić information content (AvgIpc) is 3.85. The van der Waals surface area contributed by atoms with E-state index in [4.69, 9.17) is 19.4 Å². The Morgan fingerprint density at radius 1 is 0.392 bits per heavy atom. The summed E-state index contributed by atoms with van der Waals surface area (Å²) >= 11 is 1.80. The second-order valence-corrected chi connectivity index (χ2v) is 13.9. The maximum absolute atomic E-state index is 6.34. The molecular formula is C45H26N4OS. The molecule has 0 radical (unpaired) electrons. The van der Waals surface area contributed by atoms with E-state index >= 15 is 0 Å². The highest BCUT2D eigenvalue weighted by Crippen LogP contribution is 2.41. The summed E-state index contributed by atoms with van der Waals surface area (Å²) in [6.07, 6.45) is 0. The third-order valence-electron chi connectivity index (χ3n) is 9.84. The van der Waals surface area contributed by atoms with Crippen LogP contribution < -0.4 is 0 Å². The summed E-state index contributed by atoms with van der Waals surface area (Å²) in [5.74, 6) is 1.98. The molecule has 0 bridgehead atoms. The van der Waals surface area contributed by atoms with E-state index in [0.29, 0.717) is 17.5 Å². The predicted octanol–water partition coefficient (Wildman–Crippen LogP) is 12.2. The van der Waals surface area contributed by atoms with E-state index in [-0.39, 0.29) is 0 Å². The van der Waals surface area contributed by atoms with Crippen molar-refractivity contribution in [3.63, 3.8) is 0 Å². The molecule has 4 heterocycles. The molecule has 0 aliphatic rings. The zero-order valence-electron chi connectivity index (χ0n) is 27.1. The molecule has 11 rings (SSSR count). The standard InChI is InChI=1S/C45H26N4OS/c1-3-11-27(12-4-1)43-46-44(28-13-5-2-6-14-28)48-45(47-43)29-19-21-33-34-22-20-30(24-42(34)51-41(33)23-29)49-37-17-9-7-15-31(37)35-25-36-32-16-8-10-18-39(32)50-40(36)26-38(35)49/h1-26H. The summed E-state index contributed by atoms with van der Waals surface area (Å²) in [5, 5.41) is 7.17. The monoisotopic (exact) mass is 670 g/mol. The molecule has 0 fully saturated rings. The third kappa shape index (κ3) is 4.43. The first-order valence-electron chi connectivity index (χ1n) is 16.9. The van der Waals surface area contributed by atoms with Gasteiger partial charge in [-0.25, -0.2) is 15.0 Å². The molecule has 5 nitrogen and oxygen atoms in total.